The van der Waals surface area contributed by atoms with Crippen molar-refractivity contribution in [2.75, 3.05) is 0 Å². The van der Waals surface area contributed by atoms with E-state index < -0.39 is 6.17 Å². The molecule has 3 N–H and O–H groups in total. The normalized spacial score (nSPS) is 15.2. The van der Waals surface area contributed by atoms with Crippen molar-refractivity contribution in [1.82, 2.24) is 14.9 Å². The Bertz CT molecular complexity index is 738. The fraction of sp³-hybridized carbons (Fsp3) is 0.500. The number of nitrogens with two attached hydrogens (primary N) is 1. The zero-order valence-corrected chi connectivity index (χ0v) is 15.5. The van der Waals surface area contributed by atoms with Gasteiger partial charge in [0.2, 0.25) is 0 Å². The second kappa shape index (κ2) is 7.88. The molecule has 0 saturated heterocycles. The van der Waals surface area contributed by atoms with Crippen molar-refractivity contribution in [2.45, 2.75) is 59.2 Å². The van der Waals surface area contributed by atoms with Crippen molar-refractivity contribution in [3.63, 3.8) is 0 Å². The minimum atomic E-state index is -0.887. The van der Waals surface area contributed by atoms with Crippen molar-refractivity contribution < 1.29 is 4.39 Å². The van der Waals surface area contributed by atoms with Gasteiger partial charge in [-0.2, -0.15) is 5.10 Å². The van der Waals surface area contributed by atoms with Crippen LogP contribution in [0.15, 0.2) is 24.2 Å². The zero-order valence-electron chi connectivity index (χ0n) is 14.7. The van der Waals surface area contributed by atoms with E-state index in [1.54, 1.807) is 10.7 Å². The van der Waals surface area contributed by atoms with Crippen LogP contribution in [0.1, 0.15) is 51.2 Å². The number of alkyl halides is 1. The summed E-state index contributed by atoms with van der Waals surface area (Å²) in [5.74, 6) is 0. The van der Waals surface area contributed by atoms with Gasteiger partial charge in [-0.15, -0.1) is 0 Å². The molecular formula is C18H26ClFN4. The van der Waals surface area contributed by atoms with Gasteiger partial charge >= 0.3 is 0 Å². The van der Waals surface area contributed by atoms with Crippen LogP contribution in [0.4, 0.5) is 4.39 Å². The second-order valence-corrected chi connectivity index (χ2v) is 6.61. The van der Waals surface area contributed by atoms with E-state index in [-0.39, 0.29) is 6.04 Å². The number of hydrogen-bond acceptors (Lipinski definition) is 3. The summed E-state index contributed by atoms with van der Waals surface area (Å²) < 4.78 is 15.9. The molecule has 0 aliphatic heterocycles. The predicted molar refractivity (Wildman–Crippen MR) is 98.7 cm³/mol. The van der Waals surface area contributed by atoms with Crippen LogP contribution in [0.3, 0.4) is 0 Å². The summed E-state index contributed by atoms with van der Waals surface area (Å²) >= 11 is 6.15. The SMILES string of the molecule is CCCC(N/C(C)=C(\N)c1cc(C)c2c(Cl)cnn2c1)C(F)CC. The van der Waals surface area contributed by atoms with Crippen molar-refractivity contribution in [2.24, 2.45) is 5.73 Å². The highest BCUT2D eigenvalue weighted by Gasteiger charge is 2.19. The van der Waals surface area contributed by atoms with E-state index in [0.29, 0.717) is 17.1 Å². The van der Waals surface area contributed by atoms with Gasteiger partial charge in [0.15, 0.2) is 0 Å². The Morgan fingerprint density at radius 3 is 2.79 bits per heavy atom. The maximum Gasteiger partial charge on any atom is 0.120 e. The molecule has 2 atom stereocenters. The van der Waals surface area contributed by atoms with Crippen LogP contribution in [0, 0.1) is 6.92 Å². The lowest BCUT2D eigenvalue weighted by molar-refractivity contribution is 0.241. The smallest absolute Gasteiger partial charge is 0.120 e. The van der Waals surface area contributed by atoms with Crippen molar-refractivity contribution in [3.05, 3.63) is 40.3 Å². The van der Waals surface area contributed by atoms with Gasteiger partial charge in [0.05, 0.1) is 28.5 Å². The van der Waals surface area contributed by atoms with Crippen LogP contribution in [-0.2, 0) is 0 Å². The lowest BCUT2D eigenvalue weighted by Crippen LogP contribution is -2.37. The lowest BCUT2D eigenvalue weighted by Gasteiger charge is -2.24. The summed E-state index contributed by atoms with van der Waals surface area (Å²) in [4.78, 5) is 0. The molecule has 0 saturated carbocycles. The van der Waals surface area contributed by atoms with E-state index in [0.717, 1.165) is 35.2 Å². The topological polar surface area (TPSA) is 55.3 Å². The van der Waals surface area contributed by atoms with Crippen LogP contribution in [0.25, 0.3) is 11.2 Å². The molecule has 0 fully saturated rings. The fourth-order valence-electron chi connectivity index (χ4n) is 2.94. The van der Waals surface area contributed by atoms with Gasteiger partial charge in [0.1, 0.15) is 6.17 Å². The molecule has 132 valence electrons. The standard InChI is InChI=1S/C18H26ClFN4/c1-5-7-16(15(20)6-2)23-12(4)17(21)13-8-11(3)18-14(19)9-22-24(18)10-13/h8-10,15-16,23H,5-7,21H2,1-4H3/b17-12-. The average Bonchev–Trinajstić information content (AvgIpc) is 2.94. The summed E-state index contributed by atoms with van der Waals surface area (Å²) in [6.45, 7) is 7.77. The Hall–Kier alpha value is -1.75. The highest BCUT2D eigenvalue weighted by atomic mass is 35.5. The van der Waals surface area contributed by atoms with Gasteiger partial charge in [-0.1, -0.05) is 31.9 Å². The number of allylic oxidation sites excluding steroid dienone is 1. The first kappa shape index (κ1) is 18.6. The van der Waals surface area contributed by atoms with E-state index in [2.05, 4.69) is 17.3 Å². The number of fused-ring (bicyclic) bond motifs is 1. The molecule has 0 aliphatic rings. The number of pyridine rings is 1. The Morgan fingerprint density at radius 2 is 2.17 bits per heavy atom. The molecule has 0 aliphatic carbocycles. The summed E-state index contributed by atoms with van der Waals surface area (Å²) in [6.07, 6.45) is 4.75. The first-order chi connectivity index (χ1) is 11.4. The number of aromatic nitrogens is 2. The third-order valence-corrected chi connectivity index (χ3v) is 4.58. The van der Waals surface area contributed by atoms with Crippen molar-refractivity contribution in [3.8, 4) is 0 Å². The molecule has 0 radical (unpaired) electrons. The molecule has 0 amide bonds. The minimum Gasteiger partial charge on any atom is -0.397 e. The number of aryl methyl sites for hydroxylation is 1. The minimum absolute atomic E-state index is 0.220. The highest BCUT2D eigenvalue weighted by molar-refractivity contribution is 6.34. The molecule has 0 bridgehead atoms. The first-order valence-corrected chi connectivity index (χ1v) is 8.77. The van der Waals surface area contributed by atoms with Crippen molar-refractivity contribution >= 4 is 22.8 Å². The van der Waals surface area contributed by atoms with Gasteiger partial charge in [0.25, 0.3) is 0 Å². The van der Waals surface area contributed by atoms with E-state index in [9.17, 15) is 4.39 Å². The van der Waals surface area contributed by atoms with Gasteiger partial charge in [-0.25, -0.2) is 8.91 Å². The van der Waals surface area contributed by atoms with E-state index in [4.69, 9.17) is 17.3 Å². The summed E-state index contributed by atoms with van der Waals surface area (Å²) in [5, 5.41) is 8.12. The molecule has 4 nitrogen and oxygen atoms in total. The molecule has 0 aromatic carbocycles. The van der Waals surface area contributed by atoms with Crippen LogP contribution in [0.2, 0.25) is 5.02 Å². The van der Waals surface area contributed by atoms with E-state index in [1.165, 1.54) is 0 Å². The number of hydrogen-bond donors (Lipinski definition) is 2. The lowest BCUT2D eigenvalue weighted by atomic mass is 10.0. The van der Waals surface area contributed by atoms with E-state index in [1.807, 2.05) is 33.0 Å². The Balaban J connectivity index is 2.34. The van der Waals surface area contributed by atoms with Crippen LogP contribution in [0.5, 0.6) is 0 Å². The number of halogens is 2. The van der Waals surface area contributed by atoms with E-state index >= 15 is 0 Å². The summed E-state index contributed by atoms with van der Waals surface area (Å²) in [6, 6.07) is 1.76. The molecule has 2 heterocycles. The third-order valence-electron chi connectivity index (χ3n) is 4.30. The predicted octanol–water partition coefficient (Wildman–Crippen LogP) is 4.45. The van der Waals surface area contributed by atoms with Crippen LogP contribution >= 0.6 is 11.6 Å². The highest BCUT2D eigenvalue weighted by Crippen LogP contribution is 2.24. The molecule has 2 unspecified atom stereocenters. The third kappa shape index (κ3) is 3.83. The molecule has 0 spiro atoms. The van der Waals surface area contributed by atoms with Gasteiger partial charge in [0, 0.05) is 17.5 Å². The Morgan fingerprint density at radius 1 is 1.46 bits per heavy atom. The quantitative estimate of drug-likeness (QED) is 0.774. The maximum absolute atomic E-state index is 14.1. The summed E-state index contributed by atoms with van der Waals surface area (Å²) in [7, 11) is 0. The Kier molecular flexibility index (Phi) is 6.10. The largest absolute Gasteiger partial charge is 0.397 e. The maximum atomic E-state index is 14.1. The molecule has 6 heteroatoms. The first-order valence-electron chi connectivity index (χ1n) is 8.39. The average molecular weight is 353 g/mol. The molecule has 2 rings (SSSR count). The molecule has 2 aromatic heterocycles. The number of rotatable bonds is 7. The van der Waals surface area contributed by atoms with Gasteiger partial charge < -0.3 is 11.1 Å². The second-order valence-electron chi connectivity index (χ2n) is 6.20. The monoisotopic (exact) mass is 352 g/mol. The van der Waals surface area contributed by atoms with Gasteiger partial charge in [-0.3, -0.25) is 0 Å². The van der Waals surface area contributed by atoms with Crippen LogP contribution in [-0.4, -0.2) is 21.8 Å². The van der Waals surface area contributed by atoms with Crippen LogP contribution < -0.4 is 11.1 Å². The number of nitrogens with zero attached hydrogens (tertiary/aromatic N) is 2. The fourth-order valence-corrected chi connectivity index (χ4v) is 3.22. The molecular weight excluding hydrogens is 327 g/mol. The van der Waals surface area contributed by atoms with Crippen molar-refractivity contribution in [1.29, 1.82) is 0 Å². The summed E-state index contributed by atoms with van der Waals surface area (Å²) in [5.41, 5.74) is 10.4. The zero-order chi connectivity index (χ0) is 17.9. The Labute approximate surface area is 147 Å². The molecule has 2 aromatic rings. The van der Waals surface area contributed by atoms with Gasteiger partial charge in [-0.05, 0) is 38.3 Å². The number of nitrogens with one attached hydrogen (secondary N) is 1. The molecule has 24 heavy (non-hydrogen) atoms.